The summed E-state index contributed by atoms with van der Waals surface area (Å²) in [5.41, 5.74) is 7.69. The molecule has 0 bridgehead atoms. The maximum Gasteiger partial charge on any atom is 0.125 e. The number of nitrogens with two attached hydrogens (primary N) is 1. The maximum atomic E-state index is 13.4. The van der Waals surface area contributed by atoms with Gasteiger partial charge in [-0.1, -0.05) is 13.3 Å². The van der Waals surface area contributed by atoms with Crippen molar-refractivity contribution >= 4 is 11.0 Å². The molecule has 0 spiro atoms. The Balaban J connectivity index is 1.88. The molecular weight excluding hydrogens is 265 g/mol. The van der Waals surface area contributed by atoms with Crippen molar-refractivity contribution in [3.8, 4) is 0 Å². The summed E-state index contributed by atoms with van der Waals surface area (Å²) >= 11 is 0. The number of fused-ring (bicyclic) bond motifs is 1. The minimum absolute atomic E-state index is 0.209. The maximum absolute atomic E-state index is 13.4. The molecule has 1 aromatic carbocycles. The normalized spacial score (nSPS) is 18.1. The highest BCUT2D eigenvalue weighted by atomic mass is 19.1. The van der Waals surface area contributed by atoms with Gasteiger partial charge in [-0.2, -0.15) is 0 Å². The summed E-state index contributed by atoms with van der Waals surface area (Å²) in [4.78, 5) is 4.72. The molecule has 21 heavy (non-hydrogen) atoms. The van der Waals surface area contributed by atoms with Crippen LogP contribution < -0.4 is 5.73 Å². The topological polar surface area (TPSA) is 43.8 Å². The van der Waals surface area contributed by atoms with Gasteiger partial charge in [-0.05, 0) is 44.7 Å². The number of hydrogen-bond acceptors (Lipinski definition) is 2. The average Bonchev–Trinajstić information content (AvgIpc) is 3.18. The molecule has 3 rings (SSSR count). The standard InChI is InChI=1S/C17H24FN3/c1-11(4-3-5-12(2)19)17-20-15-10-13(18)6-9-16(15)21(17)14-7-8-14/h6,9-12,14H,3-5,7-8,19H2,1-2H3. The summed E-state index contributed by atoms with van der Waals surface area (Å²) in [6.07, 6.45) is 5.66. The summed E-state index contributed by atoms with van der Waals surface area (Å²) in [6, 6.07) is 5.77. The Hall–Kier alpha value is -1.42. The van der Waals surface area contributed by atoms with Crippen LogP contribution in [0.5, 0.6) is 0 Å². The quantitative estimate of drug-likeness (QED) is 0.869. The molecule has 4 heteroatoms. The molecule has 0 amide bonds. The number of halogens is 1. The largest absolute Gasteiger partial charge is 0.328 e. The third-order valence-corrected chi connectivity index (χ3v) is 4.33. The van der Waals surface area contributed by atoms with Gasteiger partial charge in [-0.15, -0.1) is 0 Å². The van der Waals surface area contributed by atoms with Crippen molar-refractivity contribution in [2.24, 2.45) is 5.73 Å². The lowest BCUT2D eigenvalue weighted by Crippen LogP contribution is -2.14. The third-order valence-electron chi connectivity index (χ3n) is 4.33. The Morgan fingerprint density at radius 1 is 1.33 bits per heavy atom. The van der Waals surface area contributed by atoms with Gasteiger partial charge in [0.25, 0.3) is 0 Å². The average molecular weight is 289 g/mol. The molecule has 2 N–H and O–H groups in total. The van der Waals surface area contributed by atoms with Gasteiger partial charge in [0.2, 0.25) is 0 Å². The first kappa shape index (κ1) is 14.5. The minimum atomic E-state index is -0.209. The highest BCUT2D eigenvalue weighted by Crippen LogP contribution is 2.40. The fourth-order valence-corrected chi connectivity index (χ4v) is 3.03. The molecule has 1 saturated carbocycles. The van der Waals surface area contributed by atoms with Crippen molar-refractivity contribution < 1.29 is 4.39 Å². The number of rotatable bonds is 6. The molecule has 3 nitrogen and oxygen atoms in total. The number of imidazole rings is 1. The van der Waals surface area contributed by atoms with E-state index in [2.05, 4.69) is 11.5 Å². The lowest BCUT2D eigenvalue weighted by molar-refractivity contribution is 0.526. The van der Waals surface area contributed by atoms with Crippen LogP contribution in [0.4, 0.5) is 4.39 Å². The second-order valence-electron chi connectivity index (χ2n) is 6.51. The van der Waals surface area contributed by atoms with Crippen molar-refractivity contribution in [3.63, 3.8) is 0 Å². The molecule has 1 aliphatic rings. The fraction of sp³-hybridized carbons (Fsp3) is 0.588. The summed E-state index contributed by atoms with van der Waals surface area (Å²) < 4.78 is 15.8. The summed E-state index contributed by atoms with van der Waals surface area (Å²) in [5, 5.41) is 0. The van der Waals surface area contributed by atoms with Crippen LogP contribution >= 0.6 is 0 Å². The van der Waals surface area contributed by atoms with Gasteiger partial charge in [-0.3, -0.25) is 0 Å². The van der Waals surface area contributed by atoms with Crippen LogP contribution in [-0.4, -0.2) is 15.6 Å². The van der Waals surface area contributed by atoms with E-state index < -0.39 is 0 Å². The Labute approximate surface area is 125 Å². The molecule has 0 radical (unpaired) electrons. The Morgan fingerprint density at radius 3 is 2.76 bits per heavy atom. The molecular formula is C17H24FN3. The van der Waals surface area contributed by atoms with Gasteiger partial charge in [-0.25, -0.2) is 9.37 Å². The third kappa shape index (κ3) is 3.10. The Bertz CT molecular complexity index is 628. The van der Waals surface area contributed by atoms with Crippen LogP contribution in [-0.2, 0) is 0 Å². The zero-order valence-corrected chi connectivity index (χ0v) is 12.8. The SMILES string of the molecule is CC(N)CCCC(C)c1nc2cc(F)ccc2n1C1CC1. The van der Waals surface area contributed by atoms with Gasteiger partial charge >= 0.3 is 0 Å². The van der Waals surface area contributed by atoms with Crippen molar-refractivity contribution in [3.05, 3.63) is 29.8 Å². The van der Waals surface area contributed by atoms with Crippen molar-refractivity contribution in [1.82, 2.24) is 9.55 Å². The molecule has 1 aromatic heterocycles. The van der Waals surface area contributed by atoms with Crippen molar-refractivity contribution in [1.29, 1.82) is 0 Å². The van der Waals surface area contributed by atoms with Gasteiger partial charge < -0.3 is 10.3 Å². The fourth-order valence-electron chi connectivity index (χ4n) is 3.03. The number of aromatic nitrogens is 2. The molecule has 1 aliphatic carbocycles. The van der Waals surface area contributed by atoms with E-state index in [0.29, 0.717) is 12.0 Å². The van der Waals surface area contributed by atoms with Gasteiger partial charge in [0.05, 0.1) is 11.0 Å². The Kier molecular flexibility index (Phi) is 3.98. The molecule has 1 fully saturated rings. The van der Waals surface area contributed by atoms with Crippen LogP contribution in [0.3, 0.4) is 0 Å². The second-order valence-corrected chi connectivity index (χ2v) is 6.51. The summed E-state index contributed by atoms with van der Waals surface area (Å²) in [7, 11) is 0. The van der Waals surface area contributed by atoms with E-state index in [1.54, 1.807) is 6.07 Å². The van der Waals surface area contributed by atoms with E-state index in [1.807, 2.05) is 13.0 Å². The van der Waals surface area contributed by atoms with E-state index in [-0.39, 0.29) is 11.9 Å². The lowest BCUT2D eigenvalue weighted by Gasteiger charge is -2.15. The summed E-state index contributed by atoms with van der Waals surface area (Å²) in [5.74, 6) is 1.29. The molecule has 114 valence electrons. The predicted octanol–water partition coefficient (Wildman–Crippen LogP) is 4.13. The van der Waals surface area contributed by atoms with Gasteiger partial charge in [0, 0.05) is 24.1 Å². The first-order chi connectivity index (χ1) is 10.1. The van der Waals surface area contributed by atoms with Crippen molar-refractivity contribution in [2.75, 3.05) is 0 Å². The smallest absolute Gasteiger partial charge is 0.125 e. The van der Waals surface area contributed by atoms with E-state index in [4.69, 9.17) is 10.7 Å². The van der Waals surface area contributed by atoms with Crippen LogP contribution in [0.25, 0.3) is 11.0 Å². The van der Waals surface area contributed by atoms with Gasteiger partial charge in [0.1, 0.15) is 11.6 Å². The van der Waals surface area contributed by atoms with Crippen LogP contribution in [0.1, 0.15) is 63.7 Å². The first-order valence-electron chi connectivity index (χ1n) is 7.99. The molecule has 0 saturated heterocycles. The minimum Gasteiger partial charge on any atom is -0.328 e. The van der Waals surface area contributed by atoms with Crippen molar-refractivity contribution in [2.45, 2.75) is 64.0 Å². The van der Waals surface area contributed by atoms with Crippen LogP contribution in [0.15, 0.2) is 18.2 Å². The highest BCUT2D eigenvalue weighted by Gasteiger charge is 2.29. The first-order valence-corrected chi connectivity index (χ1v) is 7.99. The van der Waals surface area contributed by atoms with E-state index in [9.17, 15) is 4.39 Å². The van der Waals surface area contributed by atoms with Crippen LogP contribution in [0, 0.1) is 5.82 Å². The molecule has 0 aliphatic heterocycles. The van der Waals surface area contributed by atoms with E-state index in [0.717, 1.165) is 36.1 Å². The Morgan fingerprint density at radius 2 is 2.10 bits per heavy atom. The number of benzene rings is 1. The van der Waals surface area contributed by atoms with Gasteiger partial charge in [0.15, 0.2) is 0 Å². The van der Waals surface area contributed by atoms with Crippen LogP contribution in [0.2, 0.25) is 0 Å². The highest BCUT2D eigenvalue weighted by molar-refractivity contribution is 5.76. The molecule has 2 atom stereocenters. The predicted molar refractivity (Wildman–Crippen MR) is 83.9 cm³/mol. The molecule has 2 aromatic rings. The van der Waals surface area contributed by atoms with E-state index in [1.165, 1.54) is 18.9 Å². The monoisotopic (exact) mass is 289 g/mol. The molecule has 1 heterocycles. The lowest BCUT2D eigenvalue weighted by atomic mass is 10.0. The van der Waals surface area contributed by atoms with E-state index >= 15 is 0 Å². The number of nitrogens with zero attached hydrogens (tertiary/aromatic N) is 2. The zero-order chi connectivity index (χ0) is 15.0. The number of hydrogen-bond donors (Lipinski definition) is 1. The summed E-state index contributed by atoms with van der Waals surface area (Å²) in [6.45, 7) is 4.27. The molecule has 2 unspecified atom stereocenters. The second kappa shape index (κ2) is 5.76. The zero-order valence-electron chi connectivity index (χ0n) is 12.8.